The highest BCUT2D eigenvalue weighted by Gasteiger charge is 2.23. The lowest BCUT2D eigenvalue weighted by molar-refractivity contribution is -0.384. The van der Waals surface area contributed by atoms with Crippen LogP contribution >= 0.6 is 0 Å². The van der Waals surface area contributed by atoms with Crippen LogP contribution in [0.5, 0.6) is 0 Å². The standard InChI is InChI=1S/C22H25N5O5/c23-21(29)17-4-2-10-26(14-17)13-15-6-8-18(9-7-15)25-20(28)12-24-22(30)16-3-1-5-19(11-16)27(31)32/h1,3,5-9,11,17H,2,4,10,12-14H2,(H2,23,29)(H,24,30)(H,25,28). The largest absolute Gasteiger partial charge is 0.369 e. The van der Waals surface area contributed by atoms with Gasteiger partial charge in [0, 0.05) is 36.5 Å². The van der Waals surface area contributed by atoms with Gasteiger partial charge in [0.05, 0.1) is 17.4 Å². The number of carbonyl (C=O) groups excluding carboxylic acids is 3. The minimum atomic E-state index is -0.589. The van der Waals surface area contributed by atoms with Crippen LogP contribution < -0.4 is 16.4 Å². The van der Waals surface area contributed by atoms with Gasteiger partial charge in [0.15, 0.2) is 0 Å². The summed E-state index contributed by atoms with van der Waals surface area (Å²) in [7, 11) is 0. The molecule has 2 aromatic carbocycles. The molecule has 4 N–H and O–H groups in total. The van der Waals surface area contributed by atoms with Gasteiger partial charge in [-0.3, -0.25) is 29.4 Å². The fourth-order valence-corrected chi connectivity index (χ4v) is 3.61. The average molecular weight is 439 g/mol. The molecule has 0 bridgehead atoms. The molecule has 3 amide bonds. The number of nitrogens with two attached hydrogens (primary N) is 1. The van der Waals surface area contributed by atoms with Crippen LogP contribution in [0.1, 0.15) is 28.8 Å². The van der Waals surface area contributed by atoms with Crippen molar-refractivity contribution in [3.63, 3.8) is 0 Å². The van der Waals surface area contributed by atoms with E-state index in [0.717, 1.165) is 31.0 Å². The second kappa shape index (κ2) is 10.5. The number of carbonyl (C=O) groups is 3. The number of amides is 3. The minimum Gasteiger partial charge on any atom is -0.369 e. The van der Waals surface area contributed by atoms with E-state index in [1.54, 1.807) is 12.1 Å². The second-order valence-electron chi connectivity index (χ2n) is 7.71. The van der Waals surface area contributed by atoms with E-state index < -0.39 is 16.7 Å². The number of nitro groups is 1. The Bertz CT molecular complexity index is 1010. The molecule has 168 valence electrons. The summed E-state index contributed by atoms with van der Waals surface area (Å²) in [6.45, 7) is 1.98. The van der Waals surface area contributed by atoms with E-state index in [1.807, 2.05) is 12.1 Å². The van der Waals surface area contributed by atoms with E-state index in [-0.39, 0.29) is 29.6 Å². The number of nitro benzene ring substituents is 1. The number of primary amides is 1. The van der Waals surface area contributed by atoms with Crippen molar-refractivity contribution in [2.24, 2.45) is 11.7 Å². The zero-order valence-corrected chi connectivity index (χ0v) is 17.5. The first-order chi connectivity index (χ1) is 15.3. The molecule has 1 atom stereocenters. The Morgan fingerprint density at radius 2 is 1.91 bits per heavy atom. The molecule has 1 heterocycles. The van der Waals surface area contributed by atoms with E-state index >= 15 is 0 Å². The van der Waals surface area contributed by atoms with E-state index in [0.29, 0.717) is 18.8 Å². The molecule has 1 aliphatic rings. The number of nitrogens with one attached hydrogen (secondary N) is 2. The molecule has 1 saturated heterocycles. The van der Waals surface area contributed by atoms with Gasteiger partial charge in [-0.05, 0) is 43.1 Å². The predicted octanol–water partition coefficient (Wildman–Crippen LogP) is 1.66. The molecule has 10 nitrogen and oxygen atoms in total. The Kier molecular flexibility index (Phi) is 7.50. The van der Waals surface area contributed by atoms with Crippen LogP contribution in [0.4, 0.5) is 11.4 Å². The quantitative estimate of drug-likeness (QED) is 0.421. The lowest BCUT2D eigenvalue weighted by Crippen LogP contribution is -2.40. The Hall–Kier alpha value is -3.79. The van der Waals surface area contributed by atoms with Crippen LogP contribution in [0.15, 0.2) is 48.5 Å². The van der Waals surface area contributed by atoms with Crippen molar-refractivity contribution in [1.29, 1.82) is 0 Å². The molecule has 10 heteroatoms. The van der Waals surface area contributed by atoms with Crippen LogP contribution in [0.25, 0.3) is 0 Å². The van der Waals surface area contributed by atoms with Crippen LogP contribution in [0.3, 0.4) is 0 Å². The SMILES string of the molecule is NC(=O)C1CCCN(Cc2ccc(NC(=O)CNC(=O)c3cccc([N+](=O)[O-])c3)cc2)C1. The summed E-state index contributed by atoms with van der Waals surface area (Å²) in [6, 6.07) is 12.6. The molecule has 1 unspecified atom stereocenters. The number of hydrogen-bond donors (Lipinski definition) is 3. The summed E-state index contributed by atoms with van der Waals surface area (Å²) in [5, 5.41) is 16.0. The number of benzene rings is 2. The minimum absolute atomic E-state index is 0.104. The van der Waals surface area contributed by atoms with Crippen molar-refractivity contribution in [2.75, 3.05) is 25.0 Å². The van der Waals surface area contributed by atoms with Gasteiger partial charge in [-0.1, -0.05) is 18.2 Å². The van der Waals surface area contributed by atoms with Crippen LogP contribution in [0, 0.1) is 16.0 Å². The third-order valence-corrected chi connectivity index (χ3v) is 5.28. The van der Waals surface area contributed by atoms with Gasteiger partial charge in [0.1, 0.15) is 0 Å². The summed E-state index contributed by atoms with van der Waals surface area (Å²) in [6.07, 6.45) is 1.76. The molecule has 32 heavy (non-hydrogen) atoms. The zero-order valence-electron chi connectivity index (χ0n) is 17.5. The normalized spacial score (nSPS) is 16.2. The van der Waals surface area contributed by atoms with Crippen molar-refractivity contribution in [2.45, 2.75) is 19.4 Å². The van der Waals surface area contributed by atoms with E-state index in [4.69, 9.17) is 5.73 Å². The molecule has 0 spiro atoms. The fraction of sp³-hybridized carbons (Fsp3) is 0.318. The number of likely N-dealkylation sites (tertiary alicyclic amines) is 1. The summed E-state index contributed by atoms with van der Waals surface area (Å²) in [5.74, 6) is -1.36. The number of hydrogen-bond acceptors (Lipinski definition) is 6. The molecule has 1 fully saturated rings. The first-order valence-electron chi connectivity index (χ1n) is 10.2. The van der Waals surface area contributed by atoms with Gasteiger partial charge >= 0.3 is 0 Å². The van der Waals surface area contributed by atoms with Gasteiger partial charge < -0.3 is 16.4 Å². The van der Waals surface area contributed by atoms with Crippen molar-refractivity contribution < 1.29 is 19.3 Å². The molecule has 2 aromatic rings. The molecule has 0 radical (unpaired) electrons. The highest BCUT2D eigenvalue weighted by atomic mass is 16.6. The van der Waals surface area contributed by atoms with Gasteiger partial charge in [0.2, 0.25) is 11.8 Å². The highest BCUT2D eigenvalue weighted by molar-refractivity contribution is 5.99. The molecular formula is C22H25N5O5. The van der Waals surface area contributed by atoms with Gasteiger partial charge in [-0.15, -0.1) is 0 Å². The number of nitrogens with zero attached hydrogens (tertiary/aromatic N) is 2. The van der Waals surface area contributed by atoms with Crippen molar-refractivity contribution in [3.05, 3.63) is 69.8 Å². The first-order valence-corrected chi connectivity index (χ1v) is 10.2. The van der Waals surface area contributed by atoms with Crippen molar-refractivity contribution in [1.82, 2.24) is 10.2 Å². The van der Waals surface area contributed by atoms with E-state index in [2.05, 4.69) is 15.5 Å². The van der Waals surface area contributed by atoms with Crippen molar-refractivity contribution >= 4 is 29.1 Å². The molecule has 3 rings (SSSR count). The Balaban J connectivity index is 1.47. The summed E-state index contributed by atoms with van der Waals surface area (Å²) in [4.78, 5) is 48.1. The number of piperidine rings is 1. The second-order valence-corrected chi connectivity index (χ2v) is 7.71. The lowest BCUT2D eigenvalue weighted by Gasteiger charge is -2.31. The lowest BCUT2D eigenvalue weighted by atomic mass is 9.97. The Labute approximate surface area is 184 Å². The predicted molar refractivity (Wildman–Crippen MR) is 118 cm³/mol. The van der Waals surface area contributed by atoms with E-state index in [1.165, 1.54) is 18.2 Å². The van der Waals surface area contributed by atoms with Gasteiger partial charge in [0.25, 0.3) is 11.6 Å². The average Bonchev–Trinajstić information content (AvgIpc) is 2.79. The monoisotopic (exact) mass is 439 g/mol. The Morgan fingerprint density at radius 1 is 1.16 bits per heavy atom. The highest BCUT2D eigenvalue weighted by Crippen LogP contribution is 2.19. The smallest absolute Gasteiger partial charge is 0.270 e. The molecule has 1 aliphatic heterocycles. The number of non-ortho nitro benzene ring substituents is 1. The summed E-state index contributed by atoms with van der Waals surface area (Å²) in [5.41, 5.74) is 6.96. The maximum atomic E-state index is 12.1. The summed E-state index contributed by atoms with van der Waals surface area (Å²) >= 11 is 0. The third kappa shape index (κ3) is 6.35. The van der Waals surface area contributed by atoms with Crippen LogP contribution in [-0.4, -0.2) is 47.2 Å². The van der Waals surface area contributed by atoms with Crippen LogP contribution in [0.2, 0.25) is 0 Å². The third-order valence-electron chi connectivity index (χ3n) is 5.28. The van der Waals surface area contributed by atoms with Gasteiger partial charge in [-0.25, -0.2) is 0 Å². The Morgan fingerprint density at radius 3 is 2.59 bits per heavy atom. The fourth-order valence-electron chi connectivity index (χ4n) is 3.61. The summed E-state index contributed by atoms with van der Waals surface area (Å²) < 4.78 is 0. The van der Waals surface area contributed by atoms with Crippen LogP contribution in [-0.2, 0) is 16.1 Å². The van der Waals surface area contributed by atoms with Gasteiger partial charge in [-0.2, -0.15) is 0 Å². The number of rotatable bonds is 8. The molecular weight excluding hydrogens is 414 g/mol. The first kappa shape index (κ1) is 22.9. The molecule has 0 aliphatic carbocycles. The van der Waals surface area contributed by atoms with Crippen molar-refractivity contribution in [3.8, 4) is 0 Å². The number of anilines is 1. The maximum Gasteiger partial charge on any atom is 0.270 e. The maximum absolute atomic E-state index is 12.1. The molecule has 0 saturated carbocycles. The van der Waals surface area contributed by atoms with E-state index in [9.17, 15) is 24.5 Å². The zero-order chi connectivity index (χ0) is 23.1. The topological polar surface area (TPSA) is 148 Å². The molecule has 0 aromatic heterocycles.